The molecule has 2 rings (SSSR count). The first-order chi connectivity index (χ1) is 7.68. The van der Waals surface area contributed by atoms with Crippen LogP contribution in [0, 0.1) is 0 Å². The third kappa shape index (κ3) is 2.19. The van der Waals surface area contributed by atoms with Crippen molar-refractivity contribution in [3.8, 4) is 0 Å². The van der Waals surface area contributed by atoms with Gasteiger partial charge in [-0.1, -0.05) is 0 Å². The SMILES string of the molecule is CC(CNc1ncnc2nc[nH]c12)S(C)=O. The number of H-pyrrole nitrogens is 1. The molecule has 86 valence electrons. The first kappa shape index (κ1) is 11.0. The van der Waals surface area contributed by atoms with E-state index in [2.05, 4.69) is 25.3 Å². The highest BCUT2D eigenvalue weighted by atomic mass is 32.2. The molecule has 2 N–H and O–H groups in total. The van der Waals surface area contributed by atoms with Gasteiger partial charge in [-0.15, -0.1) is 0 Å². The van der Waals surface area contributed by atoms with Gasteiger partial charge in [-0.05, 0) is 6.92 Å². The molecule has 0 aliphatic carbocycles. The molecule has 0 saturated heterocycles. The van der Waals surface area contributed by atoms with Gasteiger partial charge in [0.25, 0.3) is 0 Å². The molecule has 2 aromatic heterocycles. The van der Waals surface area contributed by atoms with Gasteiger partial charge in [-0.25, -0.2) is 15.0 Å². The van der Waals surface area contributed by atoms with Crippen molar-refractivity contribution in [3.05, 3.63) is 12.7 Å². The lowest BCUT2D eigenvalue weighted by molar-refractivity contribution is 0.679. The highest BCUT2D eigenvalue weighted by molar-refractivity contribution is 7.84. The van der Waals surface area contributed by atoms with Crippen LogP contribution in [-0.2, 0) is 10.8 Å². The van der Waals surface area contributed by atoms with Gasteiger partial charge in [0, 0.05) is 28.9 Å². The van der Waals surface area contributed by atoms with Crippen molar-refractivity contribution in [2.75, 3.05) is 18.1 Å². The predicted octanol–water partition coefficient (Wildman–Crippen LogP) is 0.532. The van der Waals surface area contributed by atoms with Crippen LogP contribution in [0.4, 0.5) is 5.82 Å². The van der Waals surface area contributed by atoms with Crippen LogP contribution in [0.15, 0.2) is 12.7 Å². The molecule has 0 fully saturated rings. The number of anilines is 1. The summed E-state index contributed by atoms with van der Waals surface area (Å²) in [4.78, 5) is 15.1. The van der Waals surface area contributed by atoms with Crippen LogP contribution in [-0.4, -0.2) is 42.2 Å². The Kier molecular flexibility index (Phi) is 3.14. The van der Waals surface area contributed by atoms with E-state index in [1.807, 2.05) is 6.92 Å². The molecule has 0 aromatic carbocycles. The Morgan fingerprint density at radius 3 is 3.06 bits per heavy atom. The molecule has 2 atom stereocenters. The molecule has 0 saturated carbocycles. The van der Waals surface area contributed by atoms with Crippen LogP contribution in [0.25, 0.3) is 11.2 Å². The maximum absolute atomic E-state index is 11.2. The molecule has 2 heterocycles. The van der Waals surface area contributed by atoms with Crippen LogP contribution in [0.2, 0.25) is 0 Å². The third-order valence-corrected chi connectivity index (χ3v) is 3.65. The molecule has 0 aliphatic rings. The van der Waals surface area contributed by atoms with E-state index >= 15 is 0 Å². The average molecular weight is 239 g/mol. The molecule has 0 aliphatic heterocycles. The highest BCUT2D eigenvalue weighted by Gasteiger charge is 2.09. The van der Waals surface area contributed by atoms with Gasteiger partial charge in [0.2, 0.25) is 0 Å². The lowest BCUT2D eigenvalue weighted by Gasteiger charge is -2.10. The summed E-state index contributed by atoms with van der Waals surface area (Å²) in [5.74, 6) is 0.694. The van der Waals surface area contributed by atoms with E-state index in [9.17, 15) is 4.21 Å². The van der Waals surface area contributed by atoms with E-state index in [4.69, 9.17) is 0 Å². The predicted molar refractivity (Wildman–Crippen MR) is 63.7 cm³/mol. The monoisotopic (exact) mass is 239 g/mol. The van der Waals surface area contributed by atoms with Crippen LogP contribution < -0.4 is 5.32 Å². The summed E-state index contributed by atoms with van der Waals surface area (Å²) in [5.41, 5.74) is 1.40. The van der Waals surface area contributed by atoms with Gasteiger partial charge < -0.3 is 10.3 Å². The van der Waals surface area contributed by atoms with Crippen molar-refractivity contribution < 1.29 is 4.21 Å². The van der Waals surface area contributed by atoms with Crippen molar-refractivity contribution >= 4 is 27.8 Å². The Morgan fingerprint density at radius 1 is 1.50 bits per heavy atom. The number of fused-ring (bicyclic) bond motifs is 1. The van der Waals surface area contributed by atoms with Crippen LogP contribution in [0.1, 0.15) is 6.92 Å². The summed E-state index contributed by atoms with van der Waals surface area (Å²) in [6, 6.07) is 0. The lowest BCUT2D eigenvalue weighted by Crippen LogP contribution is -2.21. The summed E-state index contributed by atoms with van der Waals surface area (Å²) in [7, 11) is -0.840. The number of aromatic nitrogens is 4. The number of aromatic amines is 1. The van der Waals surface area contributed by atoms with Crippen molar-refractivity contribution in [1.29, 1.82) is 0 Å². The Balaban J connectivity index is 2.15. The molecule has 2 unspecified atom stereocenters. The standard InChI is InChI=1S/C9H13N5OS/c1-6(16(2)15)3-10-8-7-9(12-4-11-7)14-5-13-8/h4-6H,3H2,1-2H3,(H2,10,11,12,13,14). The summed E-state index contributed by atoms with van der Waals surface area (Å²) >= 11 is 0. The van der Waals surface area contributed by atoms with E-state index in [-0.39, 0.29) is 5.25 Å². The van der Waals surface area contributed by atoms with E-state index in [1.54, 1.807) is 12.6 Å². The fraction of sp³-hybridized carbons (Fsp3) is 0.444. The molecule has 7 heteroatoms. The number of nitrogens with one attached hydrogen (secondary N) is 2. The fourth-order valence-electron chi connectivity index (χ4n) is 1.26. The fourth-order valence-corrected chi connectivity index (χ4v) is 1.57. The van der Waals surface area contributed by atoms with Crippen molar-refractivity contribution in [2.45, 2.75) is 12.2 Å². The largest absolute Gasteiger partial charge is 0.367 e. The average Bonchev–Trinajstić information content (AvgIpc) is 2.73. The molecule has 0 amide bonds. The zero-order valence-electron chi connectivity index (χ0n) is 9.10. The van der Waals surface area contributed by atoms with Crippen LogP contribution in [0.3, 0.4) is 0 Å². The molecule has 0 spiro atoms. The van der Waals surface area contributed by atoms with Crippen molar-refractivity contribution in [3.63, 3.8) is 0 Å². The summed E-state index contributed by atoms with van der Waals surface area (Å²) in [6.45, 7) is 2.53. The first-order valence-electron chi connectivity index (χ1n) is 4.88. The maximum Gasteiger partial charge on any atom is 0.182 e. The molecule has 0 bridgehead atoms. The Labute approximate surface area is 95.4 Å². The number of rotatable bonds is 4. The van der Waals surface area contributed by atoms with E-state index < -0.39 is 10.8 Å². The van der Waals surface area contributed by atoms with Gasteiger partial charge in [-0.3, -0.25) is 4.21 Å². The van der Waals surface area contributed by atoms with E-state index in [0.717, 1.165) is 5.52 Å². The quantitative estimate of drug-likeness (QED) is 0.813. The number of hydrogen-bond donors (Lipinski definition) is 2. The molecular weight excluding hydrogens is 226 g/mol. The second-order valence-corrected chi connectivity index (χ2v) is 5.32. The minimum Gasteiger partial charge on any atom is -0.367 e. The number of hydrogen-bond acceptors (Lipinski definition) is 5. The van der Waals surface area contributed by atoms with E-state index in [1.165, 1.54) is 6.33 Å². The summed E-state index contributed by atoms with van der Waals surface area (Å²) < 4.78 is 11.2. The van der Waals surface area contributed by atoms with E-state index in [0.29, 0.717) is 18.0 Å². The lowest BCUT2D eigenvalue weighted by atomic mass is 10.4. The third-order valence-electron chi connectivity index (χ3n) is 2.35. The smallest absolute Gasteiger partial charge is 0.182 e. The Bertz CT molecular complexity index is 511. The van der Waals surface area contributed by atoms with Gasteiger partial charge in [0.1, 0.15) is 11.8 Å². The zero-order chi connectivity index (χ0) is 11.5. The summed E-state index contributed by atoms with van der Waals surface area (Å²) in [5, 5.41) is 3.22. The molecular formula is C9H13N5OS. The Hall–Kier alpha value is -1.50. The molecule has 16 heavy (non-hydrogen) atoms. The maximum atomic E-state index is 11.2. The second-order valence-electron chi connectivity index (χ2n) is 3.51. The van der Waals surface area contributed by atoms with Gasteiger partial charge in [0.15, 0.2) is 11.5 Å². The highest BCUT2D eigenvalue weighted by Crippen LogP contribution is 2.14. The van der Waals surface area contributed by atoms with Crippen LogP contribution >= 0.6 is 0 Å². The topological polar surface area (TPSA) is 83.6 Å². The van der Waals surface area contributed by atoms with Crippen molar-refractivity contribution in [1.82, 2.24) is 19.9 Å². The van der Waals surface area contributed by atoms with Gasteiger partial charge >= 0.3 is 0 Å². The number of nitrogens with zero attached hydrogens (tertiary/aromatic N) is 3. The minimum atomic E-state index is -0.840. The molecule has 0 radical (unpaired) electrons. The molecule has 6 nitrogen and oxygen atoms in total. The minimum absolute atomic E-state index is 0.0768. The normalized spacial score (nSPS) is 14.9. The molecule has 2 aromatic rings. The number of imidazole rings is 1. The van der Waals surface area contributed by atoms with Crippen LogP contribution in [0.5, 0.6) is 0 Å². The second kappa shape index (κ2) is 4.56. The summed E-state index contributed by atoms with van der Waals surface area (Å²) in [6.07, 6.45) is 4.73. The van der Waals surface area contributed by atoms with Gasteiger partial charge in [0.05, 0.1) is 6.33 Å². The Morgan fingerprint density at radius 2 is 2.31 bits per heavy atom. The van der Waals surface area contributed by atoms with Crippen molar-refractivity contribution in [2.24, 2.45) is 0 Å². The zero-order valence-corrected chi connectivity index (χ0v) is 9.91. The first-order valence-corrected chi connectivity index (χ1v) is 6.51. The van der Waals surface area contributed by atoms with Gasteiger partial charge in [-0.2, -0.15) is 0 Å².